The zero-order valence-electron chi connectivity index (χ0n) is 23.2. The number of amides is 3. The van der Waals surface area contributed by atoms with E-state index in [0.717, 1.165) is 44.9 Å². The second kappa shape index (κ2) is 10.3. The number of benzene rings is 1. The zero-order chi connectivity index (χ0) is 27.3. The van der Waals surface area contributed by atoms with E-state index in [-0.39, 0.29) is 29.8 Å². The van der Waals surface area contributed by atoms with Crippen molar-refractivity contribution in [3.05, 3.63) is 36.4 Å². The number of hydrogen-bond donors (Lipinski definition) is 2. The molecule has 6 unspecified atom stereocenters. The summed E-state index contributed by atoms with van der Waals surface area (Å²) in [5.41, 5.74) is -0.486. The van der Waals surface area contributed by atoms with E-state index in [0.29, 0.717) is 23.3 Å². The van der Waals surface area contributed by atoms with Crippen LogP contribution in [0.25, 0.3) is 0 Å². The predicted molar refractivity (Wildman–Crippen MR) is 147 cm³/mol. The first-order valence-electron chi connectivity index (χ1n) is 14.8. The maximum absolute atomic E-state index is 14.3. The molecule has 4 fully saturated rings. The Hall–Kier alpha value is -2.87. The molecule has 1 spiro atoms. The van der Waals surface area contributed by atoms with Gasteiger partial charge in [-0.1, -0.05) is 58.1 Å². The van der Waals surface area contributed by atoms with Gasteiger partial charge >= 0.3 is 0 Å². The summed E-state index contributed by atoms with van der Waals surface area (Å²) >= 11 is 0. The fourth-order valence-electron chi connectivity index (χ4n) is 7.91. The standard InChI is InChI=1S/C31H41N3O5/c1-18-8-7-11-23(19(18)2)33-29(36)27-31-17-16-24(39-31)25(28(35)32-20-12-14-22(38-3)15-13-20)26(31)30(37)34(27)21-9-5-4-6-10-21/h12-19,21,23-27H,4-11H2,1-3H3,(H,32,35)(H,33,36)/t18?,19?,23?,24-,25?,26-,27?,31?/m1/s1. The number of nitrogens with one attached hydrogen (secondary N) is 2. The summed E-state index contributed by atoms with van der Waals surface area (Å²) in [6, 6.07) is 6.44. The normalized spacial score (nSPS) is 37.6. The Kier molecular flexibility index (Phi) is 6.94. The molecule has 8 nitrogen and oxygen atoms in total. The van der Waals surface area contributed by atoms with Crippen molar-refractivity contribution in [3.63, 3.8) is 0 Å². The molecule has 2 aliphatic carbocycles. The topological polar surface area (TPSA) is 97.0 Å². The van der Waals surface area contributed by atoms with E-state index in [1.807, 2.05) is 17.1 Å². The molecule has 2 saturated heterocycles. The monoisotopic (exact) mass is 535 g/mol. The highest BCUT2D eigenvalue weighted by atomic mass is 16.5. The number of carbonyl (C=O) groups excluding carboxylic acids is 3. The Labute approximate surface area is 230 Å². The summed E-state index contributed by atoms with van der Waals surface area (Å²) in [6.45, 7) is 4.47. The minimum absolute atomic E-state index is 0.00831. The molecule has 2 bridgehead atoms. The Balaban J connectivity index is 1.30. The smallest absolute Gasteiger partial charge is 0.246 e. The molecular formula is C31H41N3O5. The quantitative estimate of drug-likeness (QED) is 0.536. The highest BCUT2D eigenvalue weighted by Gasteiger charge is 2.73. The lowest BCUT2D eigenvalue weighted by Crippen LogP contribution is -2.59. The third-order valence-electron chi connectivity index (χ3n) is 10.2. The van der Waals surface area contributed by atoms with Crippen molar-refractivity contribution in [2.24, 2.45) is 23.7 Å². The summed E-state index contributed by atoms with van der Waals surface area (Å²) in [4.78, 5) is 44.0. The van der Waals surface area contributed by atoms with Crippen LogP contribution >= 0.6 is 0 Å². The van der Waals surface area contributed by atoms with Gasteiger partial charge in [-0.05, 0) is 55.4 Å². The van der Waals surface area contributed by atoms with Gasteiger partial charge in [0.2, 0.25) is 17.7 Å². The number of methoxy groups -OCH3 is 1. The minimum atomic E-state index is -1.12. The molecule has 210 valence electrons. The maximum Gasteiger partial charge on any atom is 0.246 e. The van der Waals surface area contributed by atoms with Crippen LogP contribution in [0.4, 0.5) is 5.69 Å². The van der Waals surface area contributed by atoms with E-state index >= 15 is 0 Å². The Morgan fingerprint density at radius 3 is 2.46 bits per heavy atom. The Morgan fingerprint density at radius 2 is 1.74 bits per heavy atom. The molecule has 3 aliphatic heterocycles. The van der Waals surface area contributed by atoms with Gasteiger partial charge in [-0.15, -0.1) is 0 Å². The van der Waals surface area contributed by atoms with E-state index in [1.54, 1.807) is 31.4 Å². The first kappa shape index (κ1) is 26.4. The molecule has 2 N–H and O–H groups in total. The number of hydrogen-bond acceptors (Lipinski definition) is 5. The molecule has 1 aromatic rings. The number of anilines is 1. The highest BCUT2D eigenvalue weighted by Crippen LogP contribution is 2.56. The minimum Gasteiger partial charge on any atom is -0.497 e. The molecule has 8 atom stereocenters. The van der Waals surface area contributed by atoms with Gasteiger partial charge in [-0.25, -0.2) is 0 Å². The first-order chi connectivity index (χ1) is 18.8. The molecule has 3 heterocycles. The molecule has 8 heteroatoms. The number of ether oxygens (including phenoxy) is 2. The summed E-state index contributed by atoms with van der Waals surface area (Å²) < 4.78 is 11.8. The van der Waals surface area contributed by atoms with Gasteiger partial charge in [0.15, 0.2) is 0 Å². The van der Waals surface area contributed by atoms with Gasteiger partial charge in [0.1, 0.15) is 17.4 Å². The van der Waals surface area contributed by atoms with Gasteiger partial charge in [-0.2, -0.15) is 0 Å². The Morgan fingerprint density at radius 1 is 1.00 bits per heavy atom. The SMILES string of the molecule is COc1ccc(NC(=O)C2[C@H]3C=CC4(O3)C(C(=O)NC3CCCC(C)C3C)N(C3CCCCC3)C(=O)[C@@H]24)cc1. The van der Waals surface area contributed by atoms with Crippen LogP contribution in [0, 0.1) is 23.7 Å². The van der Waals surface area contributed by atoms with Crippen molar-refractivity contribution in [2.75, 3.05) is 12.4 Å². The van der Waals surface area contributed by atoms with Crippen molar-refractivity contribution < 1.29 is 23.9 Å². The van der Waals surface area contributed by atoms with Crippen LogP contribution in [0.5, 0.6) is 5.75 Å². The number of nitrogens with zero attached hydrogens (tertiary/aromatic N) is 1. The predicted octanol–water partition coefficient (Wildman–Crippen LogP) is 4.06. The molecule has 0 aromatic heterocycles. The molecule has 6 rings (SSSR count). The highest BCUT2D eigenvalue weighted by molar-refractivity contribution is 6.03. The largest absolute Gasteiger partial charge is 0.497 e. The lowest BCUT2D eigenvalue weighted by molar-refractivity contribution is -0.145. The molecule has 5 aliphatic rings. The maximum atomic E-state index is 14.3. The van der Waals surface area contributed by atoms with Crippen molar-refractivity contribution in [1.82, 2.24) is 10.2 Å². The first-order valence-corrected chi connectivity index (χ1v) is 14.8. The summed E-state index contributed by atoms with van der Waals surface area (Å²) in [5, 5.41) is 6.34. The van der Waals surface area contributed by atoms with Crippen LogP contribution in [-0.4, -0.2) is 59.6 Å². The summed E-state index contributed by atoms with van der Waals surface area (Å²) in [7, 11) is 1.60. The molecule has 2 saturated carbocycles. The molecule has 0 radical (unpaired) electrons. The fourth-order valence-corrected chi connectivity index (χ4v) is 7.91. The van der Waals surface area contributed by atoms with E-state index in [1.165, 1.54) is 6.42 Å². The third-order valence-corrected chi connectivity index (χ3v) is 10.2. The van der Waals surface area contributed by atoms with Gasteiger partial charge in [0, 0.05) is 17.8 Å². The zero-order valence-corrected chi connectivity index (χ0v) is 23.2. The summed E-state index contributed by atoms with van der Waals surface area (Å²) in [5.74, 6) is -0.308. The molecule has 3 amide bonds. The van der Waals surface area contributed by atoms with Crippen molar-refractivity contribution in [3.8, 4) is 5.75 Å². The second-order valence-corrected chi connectivity index (χ2v) is 12.3. The second-order valence-electron chi connectivity index (χ2n) is 12.3. The van der Waals surface area contributed by atoms with Crippen LogP contribution in [0.2, 0.25) is 0 Å². The van der Waals surface area contributed by atoms with E-state index in [4.69, 9.17) is 9.47 Å². The van der Waals surface area contributed by atoms with Crippen LogP contribution in [-0.2, 0) is 19.1 Å². The average Bonchev–Trinajstić information content (AvgIpc) is 3.59. The number of rotatable bonds is 6. The molecule has 1 aromatic carbocycles. The van der Waals surface area contributed by atoms with E-state index in [2.05, 4.69) is 24.5 Å². The van der Waals surface area contributed by atoms with Crippen molar-refractivity contribution in [1.29, 1.82) is 0 Å². The molecular weight excluding hydrogens is 494 g/mol. The third kappa shape index (κ3) is 4.35. The number of carbonyl (C=O) groups is 3. The van der Waals surface area contributed by atoms with Crippen LogP contribution in [0.15, 0.2) is 36.4 Å². The molecule has 39 heavy (non-hydrogen) atoms. The average molecular weight is 536 g/mol. The van der Waals surface area contributed by atoms with Crippen LogP contribution < -0.4 is 15.4 Å². The van der Waals surface area contributed by atoms with Gasteiger partial charge < -0.3 is 25.0 Å². The van der Waals surface area contributed by atoms with Gasteiger partial charge in [0.05, 0.1) is 25.0 Å². The van der Waals surface area contributed by atoms with Crippen LogP contribution in [0.1, 0.15) is 65.2 Å². The van der Waals surface area contributed by atoms with Crippen LogP contribution in [0.3, 0.4) is 0 Å². The Bertz CT molecular complexity index is 1150. The van der Waals surface area contributed by atoms with Crippen molar-refractivity contribution >= 4 is 23.4 Å². The van der Waals surface area contributed by atoms with E-state index < -0.39 is 29.6 Å². The summed E-state index contributed by atoms with van der Waals surface area (Å²) in [6.07, 6.45) is 11.5. The fraction of sp³-hybridized carbons (Fsp3) is 0.645. The van der Waals surface area contributed by atoms with Gasteiger partial charge in [0.25, 0.3) is 0 Å². The van der Waals surface area contributed by atoms with Crippen molar-refractivity contribution in [2.45, 2.75) is 95.0 Å². The number of fused-ring (bicyclic) bond motifs is 1. The number of likely N-dealkylation sites (tertiary alicyclic amines) is 1. The lowest BCUT2D eigenvalue weighted by atomic mass is 9.73. The lowest BCUT2D eigenvalue weighted by Gasteiger charge is -2.40. The van der Waals surface area contributed by atoms with E-state index in [9.17, 15) is 14.4 Å². The van der Waals surface area contributed by atoms with Gasteiger partial charge in [-0.3, -0.25) is 14.4 Å².